The molecule has 0 N–H and O–H groups in total. The Morgan fingerprint density at radius 1 is 1.20 bits per heavy atom. The summed E-state index contributed by atoms with van der Waals surface area (Å²) in [7, 11) is 0. The molecule has 0 fully saturated rings. The molecule has 0 radical (unpaired) electrons. The monoisotopic (exact) mass is 291 g/mol. The second kappa shape index (κ2) is 8.32. The zero-order valence-electron chi connectivity index (χ0n) is 13.3. The van der Waals surface area contributed by atoms with Crippen LogP contribution in [-0.2, 0) is 0 Å². The summed E-state index contributed by atoms with van der Waals surface area (Å²) in [5.41, 5.74) is 2.00. The first kappa shape index (κ1) is 17.0. The minimum absolute atomic E-state index is 0.371. The lowest BCUT2D eigenvalue weighted by Crippen LogP contribution is -2.21. The van der Waals surface area contributed by atoms with Gasteiger partial charge in [0.25, 0.3) is 5.70 Å². The van der Waals surface area contributed by atoms with Crippen molar-refractivity contribution < 1.29 is 4.58 Å². The molecule has 110 valence electrons. The highest BCUT2D eigenvalue weighted by atomic mass is 32.2. The van der Waals surface area contributed by atoms with Gasteiger partial charge in [0.1, 0.15) is 13.1 Å². The lowest BCUT2D eigenvalue weighted by atomic mass is 10.0. The Morgan fingerprint density at radius 3 is 2.15 bits per heavy atom. The first-order chi connectivity index (χ1) is 9.56. The number of hydrogen-bond donors (Lipinski definition) is 0. The molecule has 2 nitrogen and oxygen atoms in total. The topological polar surface area (TPSA) is 7.37 Å². The van der Waals surface area contributed by atoms with Crippen molar-refractivity contribution in [3.05, 3.63) is 34.2 Å². The van der Waals surface area contributed by atoms with E-state index in [9.17, 15) is 0 Å². The molecular formula is C17H27N2S+. The third kappa shape index (κ3) is 3.99. The van der Waals surface area contributed by atoms with E-state index in [1.54, 1.807) is 11.8 Å². The summed E-state index contributed by atoms with van der Waals surface area (Å²) < 4.78 is 2.41. The van der Waals surface area contributed by atoms with Crippen LogP contribution in [-0.4, -0.2) is 22.7 Å². The number of unbranched alkanes of at least 4 members (excludes halogenated alkanes) is 2. The van der Waals surface area contributed by atoms with Crippen LogP contribution in [0.5, 0.6) is 0 Å². The second-order valence-electron chi connectivity index (χ2n) is 5.55. The SMILES string of the molecule is [C-]#[N+]C1=C(C(C)C)C(=C)SC1=[N+](CCCC)CCCC. The van der Waals surface area contributed by atoms with Crippen LogP contribution in [0.15, 0.2) is 22.8 Å². The smallest absolute Gasteiger partial charge is 0.233 e. The summed E-state index contributed by atoms with van der Waals surface area (Å²) in [4.78, 5) is 4.90. The van der Waals surface area contributed by atoms with Gasteiger partial charge in [-0.05, 0) is 23.3 Å². The van der Waals surface area contributed by atoms with Gasteiger partial charge in [0.05, 0.1) is 6.57 Å². The quantitative estimate of drug-likeness (QED) is 0.468. The summed E-state index contributed by atoms with van der Waals surface area (Å²) in [5.74, 6) is 0.371. The molecule has 3 heteroatoms. The molecule has 1 aliphatic rings. The summed E-state index contributed by atoms with van der Waals surface area (Å²) in [6.45, 7) is 22.6. The van der Waals surface area contributed by atoms with E-state index < -0.39 is 0 Å². The molecule has 0 spiro atoms. The maximum atomic E-state index is 7.56. The standard InChI is InChI=1S/C17H27N2S/c1-7-9-11-19(12-10-8-2)17-16(18-6)15(13(3)4)14(5)20-17/h13H,5,7-12H2,1-4H3/q+1. The van der Waals surface area contributed by atoms with E-state index in [0.29, 0.717) is 5.92 Å². The fourth-order valence-electron chi connectivity index (χ4n) is 2.40. The van der Waals surface area contributed by atoms with Gasteiger partial charge in [0.2, 0.25) is 5.04 Å². The van der Waals surface area contributed by atoms with Crippen molar-refractivity contribution in [2.24, 2.45) is 5.92 Å². The van der Waals surface area contributed by atoms with Crippen LogP contribution < -0.4 is 0 Å². The minimum atomic E-state index is 0.371. The van der Waals surface area contributed by atoms with E-state index in [-0.39, 0.29) is 0 Å². The van der Waals surface area contributed by atoms with Gasteiger partial charge in [-0.15, -0.1) is 0 Å². The molecule has 0 aromatic rings. The fraction of sp³-hybridized carbons (Fsp3) is 0.647. The van der Waals surface area contributed by atoms with Crippen LogP contribution in [0.3, 0.4) is 0 Å². The average molecular weight is 291 g/mol. The fourth-order valence-corrected chi connectivity index (χ4v) is 3.64. The Morgan fingerprint density at radius 2 is 1.75 bits per heavy atom. The highest BCUT2D eigenvalue weighted by molar-refractivity contribution is 8.18. The lowest BCUT2D eigenvalue weighted by Gasteiger charge is -2.06. The summed E-state index contributed by atoms with van der Waals surface area (Å²) in [6.07, 6.45) is 4.75. The predicted molar refractivity (Wildman–Crippen MR) is 90.0 cm³/mol. The number of allylic oxidation sites excluding steroid dienone is 1. The van der Waals surface area contributed by atoms with Crippen LogP contribution in [0.4, 0.5) is 0 Å². The Labute approximate surface area is 128 Å². The molecule has 0 unspecified atom stereocenters. The van der Waals surface area contributed by atoms with E-state index in [0.717, 1.165) is 34.3 Å². The first-order valence-electron chi connectivity index (χ1n) is 7.67. The number of nitrogens with zero attached hydrogens (tertiary/aromatic N) is 2. The van der Waals surface area contributed by atoms with Gasteiger partial charge in [-0.1, -0.05) is 47.1 Å². The average Bonchev–Trinajstić information content (AvgIpc) is 2.75. The second-order valence-corrected chi connectivity index (χ2v) is 6.64. The van der Waals surface area contributed by atoms with Crippen molar-refractivity contribution in [3.8, 4) is 0 Å². The van der Waals surface area contributed by atoms with Crippen LogP contribution in [0.1, 0.15) is 53.4 Å². The van der Waals surface area contributed by atoms with E-state index in [2.05, 4.69) is 43.7 Å². The largest absolute Gasteiger partial charge is 0.267 e. The predicted octanol–water partition coefficient (Wildman–Crippen LogP) is 5.09. The van der Waals surface area contributed by atoms with Gasteiger partial charge in [0.15, 0.2) is 0 Å². The molecule has 0 aromatic carbocycles. The molecule has 0 bridgehead atoms. The van der Waals surface area contributed by atoms with Crippen molar-refractivity contribution in [3.63, 3.8) is 0 Å². The number of rotatable bonds is 7. The molecule has 1 rings (SSSR count). The van der Waals surface area contributed by atoms with Crippen molar-refractivity contribution in [1.82, 2.24) is 0 Å². The van der Waals surface area contributed by atoms with Gasteiger partial charge in [-0.25, -0.2) is 9.42 Å². The molecule has 0 saturated heterocycles. The molecule has 1 heterocycles. The molecular weight excluding hydrogens is 264 g/mol. The van der Waals surface area contributed by atoms with Crippen LogP contribution in [0.25, 0.3) is 4.85 Å². The molecule has 0 aliphatic carbocycles. The van der Waals surface area contributed by atoms with Gasteiger partial charge in [0, 0.05) is 17.7 Å². The van der Waals surface area contributed by atoms with Crippen molar-refractivity contribution in [2.45, 2.75) is 53.4 Å². The van der Waals surface area contributed by atoms with Crippen LogP contribution >= 0.6 is 11.8 Å². The van der Waals surface area contributed by atoms with Crippen molar-refractivity contribution in [1.29, 1.82) is 0 Å². The highest BCUT2D eigenvalue weighted by Crippen LogP contribution is 2.41. The van der Waals surface area contributed by atoms with Crippen molar-refractivity contribution in [2.75, 3.05) is 13.1 Å². The molecule has 1 aliphatic heterocycles. The maximum Gasteiger partial charge on any atom is 0.267 e. The van der Waals surface area contributed by atoms with Gasteiger partial charge in [-0.3, -0.25) is 0 Å². The third-order valence-electron chi connectivity index (χ3n) is 3.52. The first-order valence-corrected chi connectivity index (χ1v) is 8.49. The Hall–Kier alpha value is -1.01. The van der Waals surface area contributed by atoms with Gasteiger partial charge < -0.3 is 0 Å². The van der Waals surface area contributed by atoms with Crippen LogP contribution in [0, 0.1) is 12.5 Å². The molecule has 0 aromatic heterocycles. The number of hydrogen-bond acceptors (Lipinski definition) is 1. The maximum absolute atomic E-state index is 7.56. The van der Waals surface area contributed by atoms with Crippen LogP contribution in [0.2, 0.25) is 0 Å². The summed E-state index contributed by atoms with van der Waals surface area (Å²) in [6, 6.07) is 0. The summed E-state index contributed by atoms with van der Waals surface area (Å²) in [5, 5.41) is 1.15. The van der Waals surface area contributed by atoms with Gasteiger partial charge >= 0.3 is 0 Å². The minimum Gasteiger partial charge on any atom is -0.233 e. The molecule has 0 amide bonds. The van der Waals surface area contributed by atoms with E-state index in [1.165, 1.54) is 25.7 Å². The molecule has 0 atom stereocenters. The third-order valence-corrected chi connectivity index (χ3v) is 4.63. The lowest BCUT2D eigenvalue weighted by molar-refractivity contribution is -0.525. The normalized spacial score (nSPS) is 15.2. The van der Waals surface area contributed by atoms with Gasteiger partial charge in [-0.2, -0.15) is 0 Å². The molecule has 20 heavy (non-hydrogen) atoms. The Bertz CT molecular complexity index is 454. The molecule has 0 saturated carbocycles. The Balaban J connectivity index is 3.19. The Kier molecular flexibility index (Phi) is 7.09. The van der Waals surface area contributed by atoms with Crippen molar-refractivity contribution >= 4 is 16.8 Å². The van der Waals surface area contributed by atoms with E-state index >= 15 is 0 Å². The zero-order valence-corrected chi connectivity index (χ0v) is 14.1. The highest BCUT2D eigenvalue weighted by Gasteiger charge is 2.34. The van der Waals surface area contributed by atoms with E-state index in [4.69, 9.17) is 6.57 Å². The van der Waals surface area contributed by atoms with E-state index in [1.807, 2.05) is 0 Å². The number of thioether (sulfide) groups is 1. The summed E-state index contributed by atoms with van der Waals surface area (Å²) >= 11 is 1.70. The zero-order chi connectivity index (χ0) is 15.1.